The van der Waals surface area contributed by atoms with E-state index in [-0.39, 0.29) is 0 Å². The van der Waals surface area contributed by atoms with E-state index in [4.69, 9.17) is 5.21 Å². The van der Waals surface area contributed by atoms with Crippen LogP contribution in [0.25, 0.3) is 11.0 Å². The van der Waals surface area contributed by atoms with E-state index in [0.29, 0.717) is 11.0 Å². The van der Waals surface area contributed by atoms with Crippen molar-refractivity contribution in [1.82, 2.24) is 14.4 Å². The van der Waals surface area contributed by atoms with Crippen LogP contribution in [0.2, 0.25) is 0 Å². The van der Waals surface area contributed by atoms with Gasteiger partial charge in [-0.2, -0.15) is 0 Å². The molecule has 96 valence electrons. The summed E-state index contributed by atoms with van der Waals surface area (Å²) in [5.74, 6) is -0.503. The largest absolute Gasteiger partial charge is 0.302 e. The number of fused-ring (bicyclic) bond motifs is 1. The predicted molar refractivity (Wildman–Crippen MR) is 62.9 cm³/mol. The van der Waals surface area contributed by atoms with E-state index >= 15 is 0 Å². The molecular weight excluding hydrogens is 258 g/mol. The highest BCUT2D eigenvalue weighted by atomic mass is 32.2. The van der Waals surface area contributed by atoms with E-state index in [1.54, 1.807) is 18.2 Å². The molecule has 1 heterocycles. The first-order chi connectivity index (χ1) is 8.36. The highest BCUT2D eigenvalue weighted by Gasteiger charge is 2.25. The zero-order valence-corrected chi connectivity index (χ0v) is 10.5. The number of nitrogens with zero attached hydrogens (tertiary/aromatic N) is 2. The van der Waals surface area contributed by atoms with Gasteiger partial charge in [0, 0.05) is 6.92 Å². The van der Waals surface area contributed by atoms with Gasteiger partial charge in [0.2, 0.25) is 5.91 Å². The monoisotopic (exact) mass is 269 g/mol. The summed E-state index contributed by atoms with van der Waals surface area (Å²) < 4.78 is 24.1. The summed E-state index contributed by atoms with van der Waals surface area (Å²) in [5, 5.41) is 8.10. The first kappa shape index (κ1) is 12.7. The highest BCUT2D eigenvalue weighted by molar-refractivity contribution is 7.89. The van der Waals surface area contributed by atoms with Crippen LogP contribution < -0.4 is 4.89 Å². The molecule has 0 aliphatic rings. The van der Waals surface area contributed by atoms with Crippen molar-refractivity contribution in [2.24, 2.45) is 0 Å². The third-order valence-corrected chi connectivity index (χ3v) is 3.45. The van der Waals surface area contributed by atoms with Crippen molar-refractivity contribution < 1.29 is 18.4 Å². The lowest BCUT2D eigenvalue weighted by Crippen LogP contribution is -2.25. The maximum atomic E-state index is 11.6. The Balaban J connectivity index is 2.91. The molecule has 0 saturated carbocycles. The van der Waals surface area contributed by atoms with Gasteiger partial charge in [0.05, 0.1) is 11.0 Å². The van der Waals surface area contributed by atoms with E-state index in [1.807, 2.05) is 6.92 Å². The van der Waals surface area contributed by atoms with Gasteiger partial charge in [-0.1, -0.05) is 11.0 Å². The number of aromatic nitrogens is 2. The fourth-order valence-corrected chi connectivity index (χ4v) is 2.46. The molecule has 8 heteroatoms. The van der Waals surface area contributed by atoms with Crippen molar-refractivity contribution in [1.29, 1.82) is 0 Å². The van der Waals surface area contributed by atoms with E-state index < -0.39 is 21.1 Å². The van der Waals surface area contributed by atoms with Gasteiger partial charge in [0.25, 0.3) is 15.2 Å². The van der Waals surface area contributed by atoms with Gasteiger partial charge in [-0.25, -0.2) is 13.4 Å². The number of hydrogen-bond acceptors (Lipinski definition) is 5. The molecule has 2 aromatic rings. The summed E-state index contributed by atoms with van der Waals surface area (Å²) in [6, 6.07) is 5.02. The summed E-state index contributed by atoms with van der Waals surface area (Å²) in [6.07, 6.45) is 0. The quantitative estimate of drug-likeness (QED) is 0.780. The fourth-order valence-electron chi connectivity index (χ4n) is 1.69. The number of sulfonamides is 1. The molecular formula is C10H11N3O4S. The van der Waals surface area contributed by atoms with Gasteiger partial charge in [-0.3, -0.25) is 9.36 Å². The molecule has 0 unspecified atom stereocenters. The van der Waals surface area contributed by atoms with Gasteiger partial charge >= 0.3 is 0 Å². The number of nitrogens with one attached hydrogen (secondary N) is 1. The third kappa shape index (κ3) is 1.90. The molecule has 0 aliphatic carbocycles. The topological polar surface area (TPSA) is 101 Å². The fraction of sp³-hybridized carbons (Fsp3) is 0.200. The number of aryl methyl sites for hydroxylation is 1. The van der Waals surface area contributed by atoms with Gasteiger partial charge in [0.1, 0.15) is 0 Å². The average molecular weight is 269 g/mol. The van der Waals surface area contributed by atoms with Crippen molar-refractivity contribution in [2.75, 3.05) is 0 Å². The number of benzene rings is 1. The Bertz CT molecular complexity index is 733. The smallest absolute Gasteiger partial charge is 0.296 e. The minimum atomic E-state index is -4.21. The molecule has 0 amide bonds. The highest BCUT2D eigenvalue weighted by Crippen LogP contribution is 2.20. The van der Waals surface area contributed by atoms with Gasteiger partial charge in [-0.15, -0.1) is 0 Å². The molecule has 0 radical (unpaired) electrons. The standard InChI is InChI=1S/C10H11N3O4S/c1-6-3-4-8-9(5-6)13(7(2)14)10(11-8)18(16,17)12-15/h3-5,12,15H,1-2H3. The van der Waals surface area contributed by atoms with Crippen LogP contribution in [0.3, 0.4) is 0 Å². The van der Waals surface area contributed by atoms with Crippen LogP contribution in [0.5, 0.6) is 0 Å². The minimum absolute atomic E-state index is 0.365. The molecule has 0 saturated heterocycles. The lowest BCUT2D eigenvalue weighted by atomic mass is 10.2. The Morgan fingerprint density at radius 1 is 1.44 bits per heavy atom. The zero-order chi connectivity index (χ0) is 13.5. The summed E-state index contributed by atoms with van der Waals surface area (Å²) in [6.45, 7) is 3.04. The Labute approximate surface area is 103 Å². The molecule has 7 nitrogen and oxygen atoms in total. The number of carbonyl (C=O) groups is 1. The average Bonchev–Trinajstić information content (AvgIpc) is 2.68. The molecule has 0 spiro atoms. The van der Waals surface area contributed by atoms with Crippen LogP contribution in [0.1, 0.15) is 17.3 Å². The van der Waals surface area contributed by atoms with Crippen LogP contribution in [0, 0.1) is 6.92 Å². The third-order valence-electron chi connectivity index (χ3n) is 2.45. The van der Waals surface area contributed by atoms with Crippen molar-refractivity contribution in [2.45, 2.75) is 19.0 Å². The van der Waals surface area contributed by atoms with Crippen molar-refractivity contribution in [3.63, 3.8) is 0 Å². The number of rotatable bonds is 2. The molecule has 0 bridgehead atoms. The Kier molecular flexibility index (Phi) is 2.93. The van der Waals surface area contributed by atoms with Crippen LogP contribution in [-0.4, -0.2) is 29.1 Å². The second kappa shape index (κ2) is 4.16. The summed E-state index contributed by atoms with van der Waals surface area (Å²) >= 11 is 0. The maximum absolute atomic E-state index is 11.6. The molecule has 2 rings (SSSR count). The molecule has 0 atom stereocenters. The molecule has 1 aromatic carbocycles. The second-order valence-corrected chi connectivity index (χ2v) is 5.39. The lowest BCUT2D eigenvalue weighted by Gasteiger charge is -2.04. The number of hydrogen-bond donors (Lipinski definition) is 2. The molecule has 2 N–H and O–H groups in total. The Morgan fingerprint density at radius 3 is 2.67 bits per heavy atom. The summed E-state index contributed by atoms with van der Waals surface area (Å²) in [4.78, 5) is 16.6. The first-order valence-electron chi connectivity index (χ1n) is 5.03. The Morgan fingerprint density at radius 2 is 2.11 bits per heavy atom. The van der Waals surface area contributed by atoms with Crippen LogP contribution in [0.4, 0.5) is 0 Å². The van der Waals surface area contributed by atoms with Gasteiger partial charge in [-0.05, 0) is 24.6 Å². The minimum Gasteiger partial charge on any atom is -0.302 e. The van der Waals surface area contributed by atoms with E-state index in [1.165, 1.54) is 11.8 Å². The predicted octanol–water partition coefficient (Wildman–Crippen LogP) is 0.672. The number of imidazole rings is 1. The van der Waals surface area contributed by atoms with Crippen LogP contribution in [-0.2, 0) is 10.0 Å². The van der Waals surface area contributed by atoms with Crippen molar-refractivity contribution in [3.8, 4) is 0 Å². The van der Waals surface area contributed by atoms with E-state index in [9.17, 15) is 13.2 Å². The van der Waals surface area contributed by atoms with Gasteiger partial charge < -0.3 is 5.21 Å². The van der Waals surface area contributed by atoms with Crippen molar-refractivity contribution >= 4 is 27.0 Å². The molecule has 0 fully saturated rings. The van der Waals surface area contributed by atoms with E-state index in [0.717, 1.165) is 10.1 Å². The van der Waals surface area contributed by atoms with Crippen LogP contribution in [0.15, 0.2) is 23.4 Å². The summed E-state index contributed by atoms with van der Waals surface area (Å²) in [5.41, 5.74) is 1.62. The Hall–Kier alpha value is -1.77. The number of carbonyl (C=O) groups excluding carboxylic acids is 1. The first-order valence-corrected chi connectivity index (χ1v) is 6.51. The zero-order valence-electron chi connectivity index (χ0n) is 9.71. The molecule has 1 aromatic heterocycles. The van der Waals surface area contributed by atoms with Gasteiger partial charge in [0.15, 0.2) is 0 Å². The second-order valence-electron chi connectivity index (χ2n) is 3.84. The maximum Gasteiger partial charge on any atom is 0.296 e. The molecule has 18 heavy (non-hydrogen) atoms. The molecule has 0 aliphatic heterocycles. The van der Waals surface area contributed by atoms with E-state index in [2.05, 4.69) is 4.98 Å². The van der Waals surface area contributed by atoms with Crippen LogP contribution >= 0.6 is 0 Å². The normalized spacial score (nSPS) is 11.9. The SMILES string of the molecule is CC(=O)n1c(S(=O)(=O)NO)nc2ccc(C)cc21. The van der Waals surface area contributed by atoms with Crippen molar-refractivity contribution in [3.05, 3.63) is 23.8 Å². The lowest BCUT2D eigenvalue weighted by molar-refractivity contribution is 0.0929. The summed E-state index contributed by atoms with van der Waals surface area (Å²) in [7, 11) is -4.21.